The molecular formula is C16H33N3. The van der Waals surface area contributed by atoms with Gasteiger partial charge >= 0.3 is 0 Å². The average Bonchev–Trinajstić information content (AvgIpc) is 2.44. The first kappa shape index (κ1) is 15.3. The Kier molecular flexibility index (Phi) is 6.62. The predicted octanol–water partition coefficient (Wildman–Crippen LogP) is 2.18. The van der Waals surface area contributed by atoms with Crippen molar-refractivity contribution in [2.24, 2.45) is 5.92 Å². The first-order valence-electron chi connectivity index (χ1n) is 8.40. The van der Waals surface area contributed by atoms with E-state index in [1.807, 2.05) is 0 Å². The molecule has 112 valence electrons. The first-order valence-corrected chi connectivity index (χ1v) is 8.40. The van der Waals surface area contributed by atoms with E-state index in [-0.39, 0.29) is 0 Å². The third kappa shape index (κ3) is 5.41. The number of likely N-dealkylation sites (tertiary alicyclic amines) is 2. The van der Waals surface area contributed by atoms with Gasteiger partial charge < -0.3 is 15.1 Å². The molecule has 0 aliphatic carbocycles. The molecular weight excluding hydrogens is 234 g/mol. The molecule has 0 aromatic rings. The Balaban J connectivity index is 1.54. The normalized spacial score (nSPS) is 28.4. The monoisotopic (exact) mass is 267 g/mol. The van der Waals surface area contributed by atoms with Crippen LogP contribution in [0, 0.1) is 5.92 Å². The smallest absolute Gasteiger partial charge is 0.00792 e. The lowest BCUT2D eigenvalue weighted by Gasteiger charge is -2.34. The molecule has 0 radical (unpaired) electrons. The maximum atomic E-state index is 3.76. The summed E-state index contributed by atoms with van der Waals surface area (Å²) in [5.41, 5.74) is 0. The van der Waals surface area contributed by atoms with Crippen molar-refractivity contribution >= 4 is 0 Å². The van der Waals surface area contributed by atoms with Crippen LogP contribution in [-0.4, -0.2) is 62.2 Å². The lowest BCUT2D eigenvalue weighted by atomic mass is 9.92. The number of hydrogen-bond acceptors (Lipinski definition) is 3. The van der Waals surface area contributed by atoms with Crippen LogP contribution in [0.15, 0.2) is 0 Å². The number of nitrogens with one attached hydrogen (secondary N) is 1. The van der Waals surface area contributed by atoms with Gasteiger partial charge in [0, 0.05) is 12.6 Å². The fraction of sp³-hybridized carbons (Fsp3) is 1.00. The third-order valence-electron chi connectivity index (χ3n) is 4.93. The summed E-state index contributed by atoms with van der Waals surface area (Å²) in [6.45, 7) is 10.1. The first-order chi connectivity index (χ1) is 9.25. The maximum absolute atomic E-state index is 3.76. The Hall–Kier alpha value is -0.120. The summed E-state index contributed by atoms with van der Waals surface area (Å²) in [5.74, 6) is 0.855. The highest BCUT2D eigenvalue weighted by atomic mass is 15.1. The van der Waals surface area contributed by atoms with E-state index in [2.05, 4.69) is 29.1 Å². The summed E-state index contributed by atoms with van der Waals surface area (Å²) in [6, 6.07) is 0.684. The van der Waals surface area contributed by atoms with E-state index in [9.17, 15) is 0 Å². The summed E-state index contributed by atoms with van der Waals surface area (Å²) in [7, 11) is 2.26. The van der Waals surface area contributed by atoms with E-state index in [1.165, 1.54) is 77.8 Å². The fourth-order valence-corrected chi connectivity index (χ4v) is 3.60. The Morgan fingerprint density at radius 2 is 1.89 bits per heavy atom. The highest BCUT2D eigenvalue weighted by molar-refractivity contribution is 4.79. The summed E-state index contributed by atoms with van der Waals surface area (Å²) < 4.78 is 0. The minimum atomic E-state index is 0.684. The topological polar surface area (TPSA) is 18.5 Å². The molecule has 0 aromatic heterocycles. The zero-order valence-electron chi connectivity index (χ0n) is 13.0. The Morgan fingerprint density at radius 1 is 1.11 bits per heavy atom. The van der Waals surface area contributed by atoms with Gasteiger partial charge in [0.15, 0.2) is 0 Å². The molecule has 3 nitrogen and oxygen atoms in total. The Bertz CT molecular complexity index is 238. The molecule has 3 heteroatoms. The van der Waals surface area contributed by atoms with Crippen LogP contribution in [0.3, 0.4) is 0 Å². The van der Waals surface area contributed by atoms with Gasteiger partial charge in [-0.25, -0.2) is 0 Å². The summed E-state index contributed by atoms with van der Waals surface area (Å²) in [6.07, 6.45) is 8.37. The summed E-state index contributed by atoms with van der Waals surface area (Å²) >= 11 is 0. The van der Waals surface area contributed by atoms with Crippen molar-refractivity contribution in [2.75, 3.05) is 46.3 Å². The maximum Gasteiger partial charge on any atom is 0.00792 e. The quantitative estimate of drug-likeness (QED) is 0.744. The number of piperidine rings is 2. The van der Waals surface area contributed by atoms with Gasteiger partial charge in [-0.2, -0.15) is 0 Å². The third-order valence-corrected chi connectivity index (χ3v) is 4.93. The minimum absolute atomic E-state index is 0.684. The zero-order valence-corrected chi connectivity index (χ0v) is 13.0. The van der Waals surface area contributed by atoms with Gasteiger partial charge in [0.05, 0.1) is 0 Å². The van der Waals surface area contributed by atoms with Gasteiger partial charge in [-0.1, -0.05) is 6.42 Å². The van der Waals surface area contributed by atoms with E-state index >= 15 is 0 Å². The van der Waals surface area contributed by atoms with E-state index in [0.29, 0.717) is 6.04 Å². The molecule has 2 heterocycles. The fourth-order valence-electron chi connectivity index (χ4n) is 3.60. The minimum Gasteiger partial charge on any atom is -0.314 e. The van der Waals surface area contributed by atoms with Crippen LogP contribution in [0.2, 0.25) is 0 Å². The van der Waals surface area contributed by atoms with Crippen molar-refractivity contribution in [3.63, 3.8) is 0 Å². The van der Waals surface area contributed by atoms with Crippen molar-refractivity contribution in [3.8, 4) is 0 Å². The lowest BCUT2D eigenvalue weighted by molar-refractivity contribution is 0.176. The van der Waals surface area contributed by atoms with Gasteiger partial charge in [-0.3, -0.25) is 0 Å². The Morgan fingerprint density at radius 3 is 2.63 bits per heavy atom. The molecule has 1 N–H and O–H groups in total. The average molecular weight is 267 g/mol. The van der Waals surface area contributed by atoms with E-state index in [4.69, 9.17) is 0 Å². The van der Waals surface area contributed by atoms with Crippen molar-refractivity contribution < 1.29 is 0 Å². The van der Waals surface area contributed by atoms with Crippen LogP contribution in [0.1, 0.15) is 45.4 Å². The van der Waals surface area contributed by atoms with Gasteiger partial charge in [-0.05, 0) is 84.7 Å². The molecule has 0 saturated carbocycles. The molecule has 2 fully saturated rings. The van der Waals surface area contributed by atoms with Gasteiger partial charge in [0.1, 0.15) is 0 Å². The van der Waals surface area contributed by atoms with Gasteiger partial charge in [-0.15, -0.1) is 0 Å². The molecule has 2 aliphatic rings. The lowest BCUT2D eigenvalue weighted by Crippen LogP contribution is -2.43. The van der Waals surface area contributed by atoms with E-state index < -0.39 is 0 Å². The SMILES string of the molecule is CC(NCCCN1CCCCC1)C1CCCN(C)C1. The van der Waals surface area contributed by atoms with Crippen LogP contribution in [-0.2, 0) is 0 Å². The highest BCUT2D eigenvalue weighted by Crippen LogP contribution is 2.18. The standard InChI is InChI=1S/C16H33N3/c1-15(16-8-6-10-18(2)14-16)17-9-7-13-19-11-4-3-5-12-19/h15-17H,3-14H2,1-2H3. The second-order valence-corrected chi connectivity index (χ2v) is 6.66. The number of rotatable bonds is 6. The second kappa shape index (κ2) is 8.23. The van der Waals surface area contributed by atoms with Gasteiger partial charge in [0.25, 0.3) is 0 Å². The van der Waals surface area contributed by atoms with E-state index in [1.54, 1.807) is 0 Å². The predicted molar refractivity (Wildman–Crippen MR) is 82.6 cm³/mol. The van der Waals surface area contributed by atoms with Crippen molar-refractivity contribution in [2.45, 2.75) is 51.5 Å². The molecule has 2 saturated heterocycles. The van der Waals surface area contributed by atoms with E-state index in [0.717, 1.165) is 5.92 Å². The highest BCUT2D eigenvalue weighted by Gasteiger charge is 2.22. The molecule has 0 bridgehead atoms. The van der Waals surface area contributed by atoms with Crippen molar-refractivity contribution in [3.05, 3.63) is 0 Å². The summed E-state index contributed by atoms with van der Waals surface area (Å²) in [4.78, 5) is 5.13. The number of nitrogens with zero attached hydrogens (tertiary/aromatic N) is 2. The largest absolute Gasteiger partial charge is 0.314 e. The number of hydrogen-bond donors (Lipinski definition) is 1. The van der Waals surface area contributed by atoms with Crippen molar-refractivity contribution in [1.29, 1.82) is 0 Å². The van der Waals surface area contributed by atoms with Crippen LogP contribution in [0.4, 0.5) is 0 Å². The molecule has 0 aromatic carbocycles. The molecule has 2 unspecified atom stereocenters. The second-order valence-electron chi connectivity index (χ2n) is 6.66. The van der Waals surface area contributed by atoms with Gasteiger partial charge in [0.2, 0.25) is 0 Å². The molecule has 2 aliphatic heterocycles. The molecule has 2 atom stereocenters. The molecule has 2 rings (SSSR count). The van der Waals surface area contributed by atoms with Crippen LogP contribution in [0.5, 0.6) is 0 Å². The van der Waals surface area contributed by atoms with Crippen LogP contribution >= 0.6 is 0 Å². The molecule has 0 amide bonds. The molecule has 0 spiro atoms. The van der Waals surface area contributed by atoms with Crippen molar-refractivity contribution in [1.82, 2.24) is 15.1 Å². The summed E-state index contributed by atoms with van der Waals surface area (Å²) in [5, 5.41) is 3.76. The van der Waals surface area contributed by atoms with Crippen LogP contribution < -0.4 is 5.32 Å². The Labute approximate surface area is 119 Å². The molecule has 19 heavy (non-hydrogen) atoms. The van der Waals surface area contributed by atoms with Crippen LogP contribution in [0.25, 0.3) is 0 Å². The zero-order chi connectivity index (χ0) is 13.5.